The van der Waals surface area contributed by atoms with E-state index in [4.69, 9.17) is 4.98 Å². The molecule has 2 unspecified atom stereocenters. The number of rotatable bonds is 4. The van der Waals surface area contributed by atoms with E-state index in [1.54, 1.807) is 0 Å². The lowest BCUT2D eigenvalue weighted by atomic mass is 9.92. The summed E-state index contributed by atoms with van der Waals surface area (Å²) in [4.78, 5) is 7.16. The molecule has 0 radical (unpaired) electrons. The third-order valence-corrected chi connectivity index (χ3v) is 3.81. The van der Waals surface area contributed by atoms with E-state index >= 15 is 0 Å². The molecule has 3 nitrogen and oxygen atoms in total. The average Bonchev–Trinajstić information content (AvgIpc) is 2.37. The van der Waals surface area contributed by atoms with Crippen LogP contribution in [-0.4, -0.2) is 23.2 Å². The predicted molar refractivity (Wildman–Crippen MR) is 79.3 cm³/mol. The van der Waals surface area contributed by atoms with Crippen LogP contribution in [0, 0.1) is 11.8 Å². The van der Waals surface area contributed by atoms with Crippen LogP contribution in [0.5, 0.6) is 0 Å². The summed E-state index contributed by atoms with van der Waals surface area (Å²) in [7, 11) is 0. The molecular formula is C16H26N2O. The molecule has 2 heterocycles. The van der Waals surface area contributed by atoms with Gasteiger partial charge in [-0.3, -0.25) is 0 Å². The van der Waals surface area contributed by atoms with Crippen molar-refractivity contribution >= 4 is 5.82 Å². The Labute approximate surface area is 116 Å². The molecule has 0 bridgehead atoms. The largest absolute Gasteiger partial charge is 0.392 e. The normalized spacial score (nSPS) is 23.7. The zero-order valence-corrected chi connectivity index (χ0v) is 12.4. The first-order valence-corrected chi connectivity index (χ1v) is 7.48. The van der Waals surface area contributed by atoms with Gasteiger partial charge in [0.05, 0.1) is 6.61 Å². The van der Waals surface area contributed by atoms with Crippen LogP contribution in [0.1, 0.15) is 44.9 Å². The maximum absolute atomic E-state index is 9.41. The fraction of sp³-hybridized carbons (Fsp3) is 0.688. The second kappa shape index (κ2) is 6.38. The molecule has 1 saturated heterocycles. The van der Waals surface area contributed by atoms with Gasteiger partial charge in [0, 0.05) is 18.8 Å². The van der Waals surface area contributed by atoms with Gasteiger partial charge in [-0.1, -0.05) is 27.2 Å². The monoisotopic (exact) mass is 262 g/mol. The Hall–Kier alpha value is -1.09. The highest BCUT2D eigenvalue weighted by Gasteiger charge is 2.23. The van der Waals surface area contributed by atoms with Crippen molar-refractivity contribution in [2.45, 2.75) is 46.6 Å². The number of piperidine rings is 1. The summed E-state index contributed by atoms with van der Waals surface area (Å²) in [6.07, 6.45) is 3.38. The standard InChI is InChI=1S/C16H26N2O/c1-4-5-15-7-14(11-19)8-16(17-15)18-9-12(2)6-13(3)10-18/h7-8,12-13,19H,4-6,9-11H2,1-3H3. The summed E-state index contributed by atoms with van der Waals surface area (Å²) in [5, 5.41) is 9.41. The number of anilines is 1. The molecule has 0 aliphatic carbocycles. The van der Waals surface area contributed by atoms with Gasteiger partial charge in [-0.15, -0.1) is 0 Å². The van der Waals surface area contributed by atoms with Crippen LogP contribution in [0.3, 0.4) is 0 Å². The molecule has 0 aromatic carbocycles. The van der Waals surface area contributed by atoms with E-state index in [0.717, 1.165) is 54.8 Å². The Morgan fingerprint density at radius 3 is 2.53 bits per heavy atom. The highest BCUT2D eigenvalue weighted by Crippen LogP contribution is 2.26. The molecule has 0 spiro atoms. The van der Waals surface area contributed by atoms with Gasteiger partial charge >= 0.3 is 0 Å². The van der Waals surface area contributed by atoms with Crippen molar-refractivity contribution in [2.24, 2.45) is 11.8 Å². The summed E-state index contributed by atoms with van der Waals surface area (Å²) in [5.74, 6) is 2.49. The minimum absolute atomic E-state index is 0.102. The summed E-state index contributed by atoms with van der Waals surface area (Å²) in [6, 6.07) is 4.08. The predicted octanol–water partition coefficient (Wildman–Crippen LogP) is 3.01. The van der Waals surface area contributed by atoms with Crippen LogP contribution >= 0.6 is 0 Å². The number of hydrogen-bond donors (Lipinski definition) is 1. The van der Waals surface area contributed by atoms with Gasteiger partial charge in [0.1, 0.15) is 5.82 Å². The van der Waals surface area contributed by atoms with E-state index in [1.165, 1.54) is 6.42 Å². The summed E-state index contributed by atoms with van der Waals surface area (Å²) in [5.41, 5.74) is 2.09. The minimum Gasteiger partial charge on any atom is -0.392 e. The first-order chi connectivity index (χ1) is 9.12. The van der Waals surface area contributed by atoms with Crippen LogP contribution in [-0.2, 0) is 13.0 Å². The Morgan fingerprint density at radius 1 is 1.26 bits per heavy atom. The summed E-state index contributed by atoms with van der Waals surface area (Å²) < 4.78 is 0. The van der Waals surface area contributed by atoms with Crippen molar-refractivity contribution < 1.29 is 5.11 Å². The van der Waals surface area contributed by atoms with Crippen molar-refractivity contribution in [1.29, 1.82) is 0 Å². The molecule has 0 amide bonds. The Bertz CT molecular complexity index is 409. The molecule has 1 aliphatic heterocycles. The highest BCUT2D eigenvalue weighted by atomic mass is 16.3. The molecule has 3 heteroatoms. The minimum atomic E-state index is 0.102. The van der Waals surface area contributed by atoms with Gasteiger partial charge in [0.25, 0.3) is 0 Å². The molecule has 0 saturated carbocycles. The van der Waals surface area contributed by atoms with Crippen LogP contribution in [0.15, 0.2) is 12.1 Å². The molecule has 1 fully saturated rings. The molecule has 2 rings (SSSR count). The number of pyridine rings is 1. The lowest BCUT2D eigenvalue weighted by Crippen LogP contribution is -2.39. The topological polar surface area (TPSA) is 36.4 Å². The molecule has 1 N–H and O–H groups in total. The lowest BCUT2D eigenvalue weighted by Gasteiger charge is -2.36. The first kappa shape index (κ1) is 14.3. The SMILES string of the molecule is CCCc1cc(CO)cc(N2CC(C)CC(C)C2)n1. The third-order valence-electron chi connectivity index (χ3n) is 3.81. The summed E-state index contributed by atoms with van der Waals surface area (Å²) >= 11 is 0. The van der Waals surface area contributed by atoms with Crippen molar-refractivity contribution in [3.63, 3.8) is 0 Å². The number of aryl methyl sites for hydroxylation is 1. The Morgan fingerprint density at radius 2 is 1.95 bits per heavy atom. The number of hydrogen-bond acceptors (Lipinski definition) is 3. The zero-order chi connectivity index (χ0) is 13.8. The van der Waals surface area contributed by atoms with Gasteiger partial charge in [-0.25, -0.2) is 4.98 Å². The van der Waals surface area contributed by atoms with Gasteiger partial charge in [-0.05, 0) is 42.4 Å². The van der Waals surface area contributed by atoms with Crippen LogP contribution in [0.25, 0.3) is 0 Å². The fourth-order valence-corrected chi connectivity index (χ4v) is 3.12. The molecule has 2 atom stereocenters. The lowest BCUT2D eigenvalue weighted by molar-refractivity contribution is 0.281. The van der Waals surface area contributed by atoms with Crippen molar-refractivity contribution in [3.05, 3.63) is 23.4 Å². The van der Waals surface area contributed by atoms with Gasteiger partial charge < -0.3 is 10.0 Å². The molecule has 1 aromatic heterocycles. The van der Waals surface area contributed by atoms with Crippen molar-refractivity contribution in [2.75, 3.05) is 18.0 Å². The zero-order valence-electron chi connectivity index (χ0n) is 12.4. The maximum Gasteiger partial charge on any atom is 0.129 e. The maximum atomic E-state index is 9.41. The van der Waals surface area contributed by atoms with Crippen LogP contribution in [0.4, 0.5) is 5.82 Å². The van der Waals surface area contributed by atoms with E-state index in [9.17, 15) is 5.11 Å². The second-order valence-electron chi connectivity index (χ2n) is 6.08. The average molecular weight is 262 g/mol. The van der Waals surface area contributed by atoms with E-state index in [0.29, 0.717) is 0 Å². The number of nitrogens with zero attached hydrogens (tertiary/aromatic N) is 2. The number of aliphatic hydroxyl groups is 1. The van der Waals surface area contributed by atoms with Gasteiger partial charge in [0.2, 0.25) is 0 Å². The Balaban J connectivity index is 2.24. The summed E-state index contributed by atoms with van der Waals surface area (Å²) in [6.45, 7) is 9.05. The van der Waals surface area contributed by atoms with Crippen molar-refractivity contribution in [3.8, 4) is 0 Å². The molecular weight excluding hydrogens is 236 g/mol. The Kier molecular flexibility index (Phi) is 4.81. The molecule has 1 aromatic rings. The smallest absolute Gasteiger partial charge is 0.129 e. The number of aliphatic hydroxyl groups excluding tert-OH is 1. The number of aromatic nitrogens is 1. The van der Waals surface area contributed by atoms with E-state index in [1.807, 2.05) is 12.1 Å². The van der Waals surface area contributed by atoms with E-state index in [2.05, 4.69) is 25.7 Å². The molecule has 106 valence electrons. The van der Waals surface area contributed by atoms with Crippen LogP contribution in [0.2, 0.25) is 0 Å². The van der Waals surface area contributed by atoms with E-state index < -0.39 is 0 Å². The van der Waals surface area contributed by atoms with Gasteiger partial charge in [0.15, 0.2) is 0 Å². The molecule has 1 aliphatic rings. The highest BCUT2D eigenvalue weighted by molar-refractivity contribution is 5.43. The molecule has 19 heavy (non-hydrogen) atoms. The fourth-order valence-electron chi connectivity index (χ4n) is 3.12. The van der Waals surface area contributed by atoms with Crippen LogP contribution < -0.4 is 4.90 Å². The quantitative estimate of drug-likeness (QED) is 0.906. The van der Waals surface area contributed by atoms with E-state index in [-0.39, 0.29) is 6.61 Å². The third kappa shape index (κ3) is 3.69. The first-order valence-electron chi connectivity index (χ1n) is 7.48. The van der Waals surface area contributed by atoms with Crippen molar-refractivity contribution in [1.82, 2.24) is 4.98 Å². The second-order valence-corrected chi connectivity index (χ2v) is 6.08. The van der Waals surface area contributed by atoms with Gasteiger partial charge in [-0.2, -0.15) is 0 Å².